The van der Waals surface area contributed by atoms with Crippen molar-refractivity contribution in [2.45, 2.75) is 58.2 Å². The van der Waals surface area contributed by atoms with E-state index in [9.17, 15) is 14.4 Å². The SMILES string of the molecule is COCCn1cncc1CNC(=O)C1CCC(NC(=O)Cc2c(C)[nH][nH]c2=O)CC1. The summed E-state index contributed by atoms with van der Waals surface area (Å²) < 4.78 is 7.05. The molecule has 0 bridgehead atoms. The lowest BCUT2D eigenvalue weighted by Gasteiger charge is -2.28. The molecule has 1 aliphatic rings. The molecule has 0 unspecified atom stereocenters. The summed E-state index contributed by atoms with van der Waals surface area (Å²) in [7, 11) is 1.65. The van der Waals surface area contributed by atoms with Crippen molar-refractivity contribution in [1.29, 1.82) is 0 Å². The number of aromatic amines is 2. The van der Waals surface area contributed by atoms with Gasteiger partial charge >= 0.3 is 0 Å². The minimum atomic E-state index is -0.258. The predicted octanol–water partition coefficient (Wildman–Crippen LogP) is 0.388. The molecule has 10 heteroatoms. The molecule has 1 fully saturated rings. The summed E-state index contributed by atoms with van der Waals surface area (Å²) in [6.45, 7) is 3.48. The van der Waals surface area contributed by atoms with E-state index in [4.69, 9.17) is 4.74 Å². The summed E-state index contributed by atoms with van der Waals surface area (Å²) in [5.41, 5.74) is 1.83. The van der Waals surface area contributed by atoms with E-state index < -0.39 is 0 Å². The number of rotatable bonds is 9. The van der Waals surface area contributed by atoms with Crippen LogP contribution in [0.5, 0.6) is 0 Å². The second-order valence-corrected chi connectivity index (χ2v) is 7.76. The Morgan fingerprint density at radius 3 is 2.70 bits per heavy atom. The number of carbonyl (C=O) groups excluding carboxylic acids is 2. The molecule has 2 heterocycles. The zero-order valence-corrected chi connectivity index (χ0v) is 17.5. The van der Waals surface area contributed by atoms with E-state index in [2.05, 4.69) is 25.8 Å². The number of H-pyrrole nitrogens is 2. The molecule has 0 atom stereocenters. The Hall–Kier alpha value is -2.88. The van der Waals surface area contributed by atoms with Gasteiger partial charge in [0.05, 0.1) is 31.6 Å². The van der Waals surface area contributed by atoms with Gasteiger partial charge < -0.3 is 25.0 Å². The maximum absolute atomic E-state index is 12.5. The normalized spacial score (nSPS) is 18.9. The second-order valence-electron chi connectivity index (χ2n) is 7.76. The first-order chi connectivity index (χ1) is 14.5. The summed E-state index contributed by atoms with van der Waals surface area (Å²) in [5.74, 6) is -0.183. The molecular formula is C20H30N6O4. The summed E-state index contributed by atoms with van der Waals surface area (Å²) in [5, 5.41) is 11.2. The maximum Gasteiger partial charge on any atom is 0.267 e. The number of hydrogen-bond acceptors (Lipinski definition) is 5. The lowest BCUT2D eigenvalue weighted by Crippen LogP contribution is -2.41. The van der Waals surface area contributed by atoms with Crippen LogP contribution in [0.3, 0.4) is 0 Å². The molecule has 10 nitrogen and oxygen atoms in total. The van der Waals surface area contributed by atoms with Crippen molar-refractivity contribution in [3.8, 4) is 0 Å². The van der Waals surface area contributed by atoms with Crippen molar-refractivity contribution in [3.63, 3.8) is 0 Å². The van der Waals surface area contributed by atoms with Crippen molar-refractivity contribution in [3.05, 3.63) is 39.8 Å². The van der Waals surface area contributed by atoms with Gasteiger partial charge in [0.25, 0.3) is 5.56 Å². The zero-order valence-electron chi connectivity index (χ0n) is 17.5. The average Bonchev–Trinajstić information content (AvgIpc) is 3.32. The van der Waals surface area contributed by atoms with Gasteiger partial charge in [-0.2, -0.15) is 0 Å². The first-order valence-corrected chi connectivity index (χ1v) is 10.3. The van der Waals surface area contributed by atoms with Crippen molar-refractivity contribution < 1.29 is 14.3 Å². The highest BCUT2D eigenvalue weighted by Gasteiger charge is 2.27. The highest BCUT2D eigenvalue weighted by atomic mass is 16.5. The molecule has 2 aromatic heterocycles. The van der Waals surface area contributed by atoms with Crippen LogP contribution in [0.15, 0.2) is 17.3 Å². The number of ether oxygens (including phenoxy) is 1. The van der Waals surface area contributed by atoms with Crippen LogP contribution in [0.2, 0.25) is 0 Å². The molecule has 2 aromatic rings. The van der Waals surface area contributed by atoms with Crippen molar-refractivity contribution in [1.82, 2.24) is 30.4 Å². The van der Waals surface area contributed by atoms with E-state index in [0.717, 1.165) is 31.4 Å². The smallest absolute Gasteiger partial charge is 0.267 e. The van der Waals surface area contributed by atoms with E-state index in [0.29, 0.717) is 31.0 Å². The summed E-state index contributed by atoms with van der Waals surface area (Å²) in [4.78, 5) is 40.6. The quantitative estimate of drug-likeness (QED) is 0.467. The molecular weight excluding hydrogens is 388 g/mol. The Bertz CT molecular complexity index is 907. The summed E-state index contributed by atoms with van der Waals surface area (Å²) in [6, 6.07) is 0.0374. The number of imidazole rings is 1. The highest BCUT2D eigenvalue weighted by Crippen LogP contribution is 2.24. The van der Waals surface area contributed by atoms with Gasteiger partial charge in [0.2, 0.25) is 11.8 Å². The fourth-order valence-electron chi connectivity index (χ4n) is 3.83. The van der Waals surface area contributed by atoms with E-state index >= 15 is 0 Å². The number of methoxy groups -OCH3 is 1. The van der Waals surface area contributed by atoms with Crippen LogP contribution in [0, 0.1) is 12.8 Å². The largest absolute Gasteiger partial charge is 0.383 e. The topological polar surface area (TPSA) is 134 Å². The molecule has 30 heavy (non-hydrogen) atoms. The minimum Gasteiger partial charge on any atom is -0.383 e. The third kappa shape index (κ3) is 5.59. The van der Waals surface area contributed by atoms with Gasteiger partial charge in [-0.15, -0.1) is 0 Å². The third-order valence-electron chi connectivity index (χ3n) is 5.67. The second kappa shape index (κ2) is 10.2. The van der Waals surface area contributed by atoms with Gasteiger partial charge in [-0.25, -0.2) is 4.98 Å². The molecule has 0 aliphatic heterocycles. The number of amides is 2. The number of hydrogen-bond donors (Lipinski definition) is 4. The molecule has 1 aliphatic carbocycles. The summed E-state index contributed by atoms with van der Waals surface area (Å²) in [6.07, 6.45) is 6.49. The lowest BCUT2D eigenvalue weighted by molar-refractivity contribution is -0.126. The Labute approximate surface area is 174 Å². The van der Waals surface area contributed by atoms with Crippen LogP contribution >= 0.6 is 0 Å². The molecule has 2 amide bonds. The molecule has 164 valence electrons. The molecule has 0 spiro atoms. The number of nitrogens with zero attached hydrogens (tertiary/aromatic N) is 2. The van der Waals surface area contributed by atoms with Crippen molar-refractivity contribution >= 4 is 11.8 Å². The highest BCUT2D eigenvalue weighted by molar-refractivity contribution is 5.80. The Kier molecular flexibility index (Phi) is 7.45. The minimum absolute atomic E-state index is 0.0359. The van der Waals surface area contributed by atoms with Crippen LogP contribution in [0.1, 0.15) is 42.6 Å². The molecule has 0 radical (unpaired) electrons. The van der Waals surface area contributed by atoms with Crippen molar-refractivity contribution in [2.75, 3.05) is 13.7 Å². The van der Waals surface area contributed by atoms with E-state index in [1.807, 2.05) is 4.57 Å². The third-order valence-corrected chi connectivity index (χ3v) is 5.67. The first kappa shape index (κ1) is 21.8. The molecule has 4 N–H and O–H groups in total. The molecule has 3 rings (SSSR count). The fourth-order valence-corrected chi connectivity index (χ4v) is 3.83. The van der Waals surface area contributed by atoms with Crippen LogP contribution in [0.4, 0.5) is 0 Å². The monoisotopic (exact) mass is 418 g/mol. The van der Waals surface area contributed by atoms with Gasteiger partial charge in [-0.1, -0.05) is 0 Å². The Balaban J connectivity index is 1.40. The van der Waals surface area contributed by atoms with Crippen LogP contribution in [0.25, 0.3) is 0 Å². The number of nitrogens with one attached hydrogen (secondary N) is 4. The van der Waals surface area contributed by atoms with E-state index in [1.165, 1.54) is 0 Å². The molecule has 1 saturated carbocycles. The first-order valence-electron chi connectivity index (χ1n) is 10.3. The Morgan fingerprint density at radius 1 is 1.27 bits per heavy atom. The van der Waals surface area contributed by atoms with Gasteiger partial charge in [-0.3, -0.25) is 19.5 Å². The Morgan fingerprint density at radius 2 is 2.03 bits per heavy atom. The summed E-state index contributed by atoms with van der Waals surface area (Å²) >= 11 is 0. The van der Waals surface area contributed by atoms with E-state index in [-0.39, 0.29) is 35.8 Å². The number of carbonyl (C=O) groups is 2. The molecule has 0 aromatic carbocycles. The van der Waals surface area contributed by atoms with Gasteiger partial charge in [-0.05, 0) is 32.6 Å². The number of aromatic nitrogens is 4. The van der Waals surface area contributed by atoms with Crippen LogP contribution < -0.4 is 16.2 Å². The fraction of sp³-hybridized carbons (Fsp3) is 0.600. The average molecular weight is 418 g/mol. The molecule has 0 saturated heterocycles. The lowest BCUT2D eigenvalue weighted by atomic mass is 9.85. The van der Waals surface area contributed by atoms with Crippen molar-refractivity contribution in [2.24, 2.45) is 5.92 Å². The van der Waals surface area contributed by atoms with Gasteiger partial charge in [0, 0.05) is 43.1 Å². The predicted molar refractivity (Wildman–Crippen MR) is 110 cm³/mol. The van der Waals surface area contributed by atoms with Crippen LogP contribution in [-0.4, -0.2) is 51.3 Å². The number of aryl methyl sites for hydroxylation is 1. The zero-order chi connectivity index (χ0) is 21.5. The van der Waals surface area contributed by atoms with E-state index in [1.54, 1.807) is 26.6 Å². The maximum atomic E-state index is 12.5. The van der Waals surface area contributed by atoms with Crippen LogP contribution in [-0.2, 0) is 33.8 Å². The van der Waals surface area contributed by atoms with Gasteiger partial charge in [0.1, 0.15) is 0 Å². The van der Waals surface area contributed by atoms with Gasteiger partial charge in [0.15, 0.2) is 0 Å². The standard InChI is InChI=1S/C20H30N6O4/c1-13-17(20(29)25-24-13)9-18(27)23-15-5-3-14(4-6-15)19(28)22-11-16-10-21-12-26(16)7-8-30-2/h10,12,14-15H,3-9,11H2,1-2H3,(H,22,28)(H,23,27)(H2,24,25,29).